The minimum atomic E-state index is -0.658. The van der Waals surface area contributed by atoms with E-state index in [1.807, 2.05) is 66.4 Å². The van der Waals surface area contributed by atoms with Crippen molar-refractivity contribution in [1.29, 1.82) is 0 Å². The number of benzene rings is 2. The van der Waals surface area contributed by atoms with Crippen LogP contribution in [-0.2, 0) is 9.53 Å². The van der Waals surface area contributed by atoms with E-state index >= 15 is 0 Å². The molecule has 3 rings (SSSR count). The summed E-state index contributed by atoms with van der Waals surface area (Å²) in [4.78, 5) is 25.1. The van der Waals surface area contributed by atoms with Crippen LogP contribution in [0.25, 0.3) is 11.1 Å². The van der Waals surface area contributed by atoms with Gasteiger partial charge >= 0.3 is 5.97 Å². The Hall–Kier alpha value is -2.07. The number of thioether (sulfide) groups is 1. The third-order valence-corrected chi connectivity index (χ3v) is 5.87. The van der Waals surface area contributed by atoms with Crippen LogP contribution in [0.15, 0.2) is 54.6 Å². The highest BCUT2D eigenvalue weighted by molar-refractivity contribution is 7.99. The van der Waals surface area contributed by atoms with Gasteiger partial charge in [-0.25, -0.2) is 0 Å². The van der Waals surface area contributed by atoms with Gasteiger partial charge in [0.2, 0.25) is 0 Å². The quantitative estimate of drug-likeness (QED) is 0.581. The molecular weight excluding hydrogens is 332 g/mol. The lowest BCUT2D eigenvalue weighted by molar-refractivity contribution is -0.153. The number of hydrogen-bond acceptors (Lipinski definition) is 4. The van der Waals surface area contributed by atoms with Crippen molar-refractivity contribution >= 4 is 23.5 Å². The zero-order valence-electron chi connectivity index (χ0n) is 14.4. The van der Waals surface area contributed by atoms with E-state index in [1.54, 1.807) is 0 Å². The average Bonchev–Trinajstić information content (AvgIpc) is 2.68. The van der Waals surface area contributed by atoms with Gasteiger partial charge in [0.25, 0.3) is 0 Å². The van der Waals surface area contributed by atoms with Crippen molar-refractivity contribution in [2.45, 2.75) is 19.3 Å². The van der Waals surface area contributed by atoms with Crippen LogP contribution in [0.3, 0.4) is 0 Å². The van der Waals surface area contributed by atoms with Crippen LogP contribution in [0.1, 0.15) is 29.6 Å². The summed E-state index contributed by atoms with van der Waals surface area (Å²) in [6.07, 6.45) is 1.64. The van der Waals surface area contributed by atoms with Gasteiger partial charge in [-0.1, -0.05) is 54.6 Å². The third-order valence-electron chi connectivity index (χ3n) is 4.88. The molecule has 0 aromatic heterocycles. The number of carbonyl (C=O) groups excluding carboxylic acids is 2. The number of rotatable bonds is 5. The molecule has 2 aromatic carbocycles. The highest BCUT2D eigenvalue weighted by atomic mass is 32.2. The molecule has 0 atom stereocenters. The predicted molar refractivity (Wildman–Crippen MR) is 102 cm³/mol. The lowest BCUT2D eigenvalue weighted by atomic mass is 9.76. The monoisotopic (exact) mass is 354 g/mol. The largest absolute Gasteiger partial charge is 0.469 e. The molecule has 130 valence electrons. The first kappa shape index (κ1) is 17.7. The first-order valence-corrected chi connectivity index (χ1v) is 9.65. The van der Waals surface area contributed by atoms with Crippen molar-refractivity contribution in [1.82, 2.24) is 0 Å². The Kier molecular flexibility index (Phi) is 5.59. The predicted octanol–water partition coefficient (Wildman–Crippen LogP) is 4.61. The van der Waals surface area contributed by atoms with Gasteiger partial charge in [0.1, 0.15) is 0 Å². The molecular formula is C21H22O3S. The van der Waals surface area contributed by atoms with Crippen LogP contribution in [0.4, 0.5) is 0 Å². The molecule has 25 heavy (non-hydrogen) atoms. The van der Waals surface area contributed by atoms with Crippen molar-refractivity contribution in [3.05, 3.63) is 60.2 Å². The van der Waals surface area contributed by atoms with E-state index in [-0.39, 0.29) is 18.2 Å². The molecule has 0 aliphatic carbocycles. The number of esters is 1. The van der Waals surface area contributed by atoms with Crippen molar-refractivity contribution in [3.63, 3.8) is 0 Å². The number of hydrogen-bond donors (Lipinski definition) is 0. The highest BCUT2D eigenvalue weighted by Gasteiger charge is 2.42. The topological polar surface area (TPSA) is 43.4 Å². The minimum Gasteiger partial charge on any atom is -0.469 e. The molecule has 1 saturated heterocycles. The summed E-state index contributed by atoms with van der Waals surface area (Å²) in [5.74, 6) is 1.56. The van der Waals surface area contributed by atoms with E-state index in [0.717, 1.165) is 22.6 Å². The van der Waals surface area contributed by atoms with E-state index in [2.05, 4.69) is 0 Å². The molecule has 1 aliphatic rings. The molecule has 0 saturated carbocycles. The number of carbonyl (C=O) groups is 2. The maximum Gasteiger partial charge on any atom is 0.312 e. The lowest BCUT2D eigenvalue weighted by Gasteiger charge is -2.33. The Bertz CT molecular complexity index is 731. The molecule has 0 unspecified atom stereocenters. The fraction of sp³-hybridized carbons (Fsp3) is 0.333. The van der Waals surface area contributed by atoms with Gasteiger partial charge in [0, 0.05) is 12.0 Å². The Labute approximate surface area is 152 Å². The van der Waals surface area contributed by atoms with Gasteiger partial charge in [-0.3, -0.25) is 9.59 Å². The number of Topliss-reactive ketones (excluding diaryl/α,β-unsaturated/α-hetero) is 1. The van der Waals surface area contributed by atoms with Crippen molar-refractivity contribution < 1.29 is 14.3 Å². The maximum atomic E-state index is 12.8. The summed E-state index contributed by atoms with van der Waals surface area (Å²) in [6, 6.07) is 17.7. The average molecular weight is 354 g/mol. The minimum absolute atomic E-state index is 0.0110. The van der Waals surface area contributed by atoms with Crippen molar-refractivity contribution in [2.75, 3.05) is 18.6 Å². The van der Waals surface area contributed by atoms with Gasteiger partial charge in [0.15, 0.2) is 5.78 Å². The van der Waals surface area contributed by atoms with Crippen LogP contribution >= 0.6 is 11.8 Å². The van der Waals surface area contributed by atoms with Gasteiger partial charge in [0.05, 0.1) is 12.5 Å². The Morgan fingerprint density at radius 2 is 1.56 bits per heavy atom. The lowest BCUT2D eigenvalue weighted by Crippen LogP contribution is -2.38. The number of ketones is 1. The van der Waals surface area contributed by atoms with Crippen LogP contribution < -0.4 is 0 Å². The molecule has 3 nitrogen and oxygen atoms in total. The van der Waals surface area contributed by atoms with Crippen molar-refractivity contribution in [3.8, 4) is 11.1 Å². The SMILES string of the molecule is COC(=O)C1(CC(=O)c2ccc(-c3ccccc3)cc2)CCSCC1. The van der Waals surface area contributed by atoms with Crippen LogP contribution in [-0.4, -0.2) is 30.4 Å². The molecule has 0 amide bonds. The molecule has 0 radical (unpaired) electrons. The molecule has 0 bridgehead atoms. The molecule has 0 N–H and O–H groups in total. The van der Waals surface area contributed by atoms with E-state index in [4.69, 9.17) is 4.74 Å². The zero-order chi connectivity index (χ0) is 17.7. The van der Waals surface area contributed by atoms with Crippen LogP contribution in [0.2, 0.25) is 0 Å². The molecule has 4 heteroatoms. The normalized spacial score (nSPS) is 16.2. The number of ether oxygens (including phenoxy) is 1. The fourth-order valence-electron chi connectivity index (χ4n) is 3.32. The molecule has 1 heterocycles. The van der Waals surface area contributed by atoms with E-state index in [9.17, 15) is 9.59 Å². The summed E-state index contributed by atoms with van der Waals surface area (Å²) in [5.41, 5.74) is 2.20. The fourth-order valence-corrected chi connectivity index (χ4v) is 4.59. The molecule has 2 aromatic rings. The number of methoxy groups -OCH3 is 1. The van der Waals surface area contributed by atoms with Gasteiger partial charge in [-0.15, -0.1) is 0 Å². The first-order valence-electron chi connectivity index (χ1n) is 8.49. The van der Waals surface area contributed by atoms with E-state index in [0.29, 0.717) is 18.4 Å². The second kappa shape index (κ2) is 7.87. The summed E-state index contributed by atoms with van der Waals surface area (Å²) in [6.45, 7) is 0. The Morgan fingerprint density at radius 3 is 2.16 bits per heavy atom. The van der Waals surface area contributed by atoms with E-state index < -0.39 is 5.41 Å². The van der Waals surface area contributed by atoms with Crippen molar-refractivity contribution in [2.24, 2.45) is 5.41 Å². The third kappa shape index (κ3) is 3.96. The van der Waals surface area contributed by atoms with Gasteiger partial charge in [-0.2, -0.15) is 11.8 Å². The van der Waals surface area contributed by atoms with Gasteiger partial charge < -0.3 is 4.74 Å². The second-order valence-corrected chi connectivity index (χ2v) is 7.65. The summed E-state index contributed by atoms with van der Waals surface area (Å²) in [5, 5.41) is 0. The molecule has 1 aliphatic heterocycles. The zero-order valence-corrected chi connectivity index (χ0v) is 15.2. The highest BCUT2D eigenvalue weighted by Crippen LogP contribution is 2.40. The van der Waals surface area contributed by atoms with E-state index in [1.165, 1.54) is 7.11 Å². The summed E-state index contributed by atoms with van der Waals surface area (Å²) in [7, 11) is 1.41. The molecule has 1 fully saturated rings. The maximum absolute atomic E-state index is 12.8. The summed E-state index contributed by atoms with van der Waals surface area (Å²) >= 11 is 1.83. The van der Waals surface area contributed by atoms with Crippen LogP contribution in [0, 0.1) is 5.41 Å². The summed E-state index contributed by atoms with van der Waals surface area (Å²) < 4.78 is 5.01. The van der Waals surface area contributed by atoms with Gasteiger partial charge in [-0.05, 0) is 35.5 Å². The standard InChI is InChI=1S/C21H22O3S/c1-24-20(23)21(11-13-25-14-12-21)15-19(22)18-9-7-17(8-10-18)16-5-3-2-4-6-16/h2-10H,11-15H2,1H3. The Morgan fingerprint density at radius 1 is 0.960 bits per heavy atom. The molecule has 0 spiro atoms. The smallest absolute Gasteiger partial charge is 0.312 e. The Balaban J connectivity index is 1.77. The first-order chi connectivity index (χ1) is 12.1. The van der Waals surface area contributed by atoms with Crippen LogP contribution in [0.5, 0.6) is 0 Å². The second-order valence-electron chi connectivity index (χ2n) is 6.43.